The van der Waals surface area contributed by atoms with Crippen LogP contribution in [0, 0.1) is 5.82 Å². The average Bonchev–Trinajstić information content (AvgIpc) is 2.45. The van der Waals surface area contributed by atoms with Gasteiger partial charge in [0.15, 0.2) is 0 Å². The Hall–Kier alpha value is -2.51. The number of rotatable bonds is 3. The molecule has 1 amide bonds. The Morgan fingerprint density at radius 2 is 1.82 bits per heavy atom. The van der Waals surface area contributed by atoms with E-state index in [2.05, 4.69) is 9.97 Å². The maximum Gasteiger partial charge on any atom is 0.451 e. The van der Waals surface area contributed by atoms with Crippen molar-refractivity contribution in [1.82, 2.24) is 9.97 Å². The zero-order valence-electron chi connectivity index (χ0n) is 11.4. The molecular formula is C14H11F4N3O. The van der Waals surface area contributed by atoms with Crippen molar-refractivity contribution in [2.24, 2.45) is 5.73 Å². The average molecular weight is 313 g/mol. The number of hydrogen-bond acceptors (Lipinski definition) is 3. The van der Waals surface area contributed by atoms with Gasteiger partial charge in [-0.05, 0) is 18.1 Å². The first-order valence-corrected chi connectivity index (χ1v) is 6.26. The molecule has 0 aliphatic rings. The molecule has 0 aliphatic heterocycles. The van der Waals surface area contributed by atoms with Crippen molar-refractivity contribution < 1.29 is 22.4 Å². The molecule has 22 heavy (non-hydrogen) atoms. The predicted octanol–water partition coefficient (Wildman–Crippen LogP) is 2.96. The molecule has 1 aromatic carbocycles. The van der Waals surface area contributed by atoms with E-state index in [4.69, 9.17) is 5.73 Å². The molecule has 0 atom stereocenters. The molecule has 1 heterocycles. The lowest BCUT2D eigenvalue weighted by Crippen LogP contribution is -2.16. The molecular weight excluding hydrogens is 302 g/mol. The van der Waals surface area contributed by atoms with Crippen LogP contribution in [0.25, 0.3) is 11.1 Å². The van der Waals surface area contributed by atoms with Crippen molar-refractivity contribution in [3.63, 3.8) is 0 Å². The summed E-state index contributed by atoms with van der Waals surface area (Å²) in [5.41, 5.74) is 5.55. The van der Waals surface area contributed by atoms with Gasteiger partial charge >= 0.3 is 6.18 Å². The fourth-order valence-corrected chi connectivity index (χ4v) is 2.09. The Balaban J connectivity index is 2.66. The third kappa shape index (κ3) is 2.90. The van der Waals surface area contributed by atoms with E-state index in [1.807, 2.05) is 0 Å². The second-order valence-electron chi connectivity index (χ2n) is 4.47. The standard InChI is InChI=1S/C14H11F4N3O/c1-2-7-3-4-9(15)11(12(19)22)10(7)8-5-20-13(21-6-8)14(16,17)18/h3-6H,2H2,1H3,(H2,19,22). The smallest absolute Gasteiger partial charge is 0.365 e. The normalized spacial score (nSPS) is 11.5. The molecule has 2 N–H and O–H groups in total. The van der Waals surface area contributed by atoms with Crippen LogP contribution in [0.3, 0.4) is 0 Å². The highest BCUT2D eigenvalue weighted by Gasteiger charge is 2.34. The summed E-state index contributed by atoms with van der Waals surface area (Å²) in [6.45, 7) is 1.76. The van der Waals surface area contributed by atoms with Crippen LogP contribution in [-0.2, 0) is 12.6 Å². The van der Waals surface area contributed by atoms with Crippen molar-refractivity contribution in [2.45, 2.75) is 19.5 Å². The molecule has 0 fully saturated rings. The third-order valence-electron chi connectivity index (χ3n) is 3.06. The third-order valence-corrected chi connectivity index (χ3v) is 3.06. The molecule has 0 saturated heterocycles. The van der Waals surface area contributed by atoms with Crippen LogP contribution in [0.5, 0.6) is 0 Å². The highest BCUT2D eigenvalue weighted by molar-refractivity contribution is 6.00. The van der Waals surface area contributed by atoms with Gasteiger partial charge in [0.1, 0.15) is 5.82 Å². The van der Waals surface area contributed by atoms with Gasteiger partial charge in [0.2, 0.25) is 5.82 Å². The molecule has 0 bridgehead atoms. The zero-order chi connectivity index (χ0) is 16.5. The first kappa shape index (κ1) is 15.9. The van der Waals surface area contributed by atoms with Gasteiger partial charge in [-0.3, -0.25) is 4.79 Å². The largest absolute Gasteiger partial charge is 0.451 e. The van der Waals surface area contributed by atoms with E-state index in [-0.39, 0.29) is 16.7 Å². The predicted molar refractivity (Wildman–Crippen MR) is 70.3 cm³/mol. The summed E-state index contributed by atoms with van der Waals surface area (Å²) >= 11 is 0. The number of carbonyl (C=O) groups excluding carboxylic acids is 1. The van der Waals surface area contributed by atoms with Gasteiger partial charge in [-0.25, -0.2) is 14.4 Å². The Bertz CT molecular complexity index is 711. The first-order valence-electron chi connectivity index (χ1n) is 6.26. The number of primary amides is 1. The van der Waals surface area contributed by atoms with Crippen molar-refractivity contribution in [2.75, 3.05) is 0 Å². The number of amides is 1. The van der Waals surface area contributed by atoms with E-state index >= 15 is 0 Å². The second-order valence-corrected chi connectivity index (χ2v) is 4.47. The number of benzene rings is 1. The monoisotopic (exact) mass is 313 g/mol. The summed E-state index contributed by atoms with van der Waals surface area (Å²) in [4.78, 5) is 17.9. The fraction of sp³-hybridized carbons (Fsp3) is 0.214. The van der Waals surface area contributed by atoms with Crippen LogP contribution in [0.2, 0.25) is 0 Å². The minimum absolute atomic E-state index is 0.0955. The second kappa shape index (κ2) is 5.70. The summed E-state index contributed by atoms with van der Waals surface area (Å²) in [6, 6.07) is 2.53. The summed E-state index contributed by atoms with van der Waals surface area (Å²) in [5, 5.41) is 0. The molecule has 0 saturated carbocycles. The van der Waals surface area contributed by atoms with Gasteiger partial charge in [0, 0.05) is 23.5 Å². The van der Waals surface area contributed by atoms with E-state index in [9.17, 15) is 22.4 Å². The van der Waals surface area contributed by atoms with Crippen LogP contribution in [0.15, 0.2) is 24.5 Å². The number of aryl methyl sites for hydroxylation is 1. The van der Waals surface area contributed by atoms with E-state index < -0.39 is 23.7 Å². The lowest BCUT2D eigenvalue weighted by atomic mass is 9.94. The molecule has 0 radical (unpaired) electrons. The summed E-state index contributed by atoms with van der Waals surface area (Å²) in [7, 11) is 0. The van der Waals surface area contributed by atoms with Crippen LogP contribution in [0.4, 0.5) is 17.6 Å². The lowest BCUT2D eigenvalue weighted by Gasteiger charge is -2.13. The number of alkyl halides is 3. The Morgan fingerprint density at radius 3 is 2.27 bits per heavy atom. The molecule has 0 spiro atoms. The minimum Gasteiger partial charge on any atom is -0.365 e. The SMILES string of the molecule is CCc1ccc(F)c(C(N)=O)c1-c1cnc(C(F)(F)F)nc1. The lowest BCUT2D eigenvalue weighted by molar-refractivity contribution is -0.144. The van der Waals surface area contributed by atoms with Gasteiger partial charge in [-0.15, -0.1) is 0 Å². The van der Waals surface area contributed by atoms with Gasteiger partial charge < -0.3 is 5.73 Å². The molecule has 0 unspecified atom stereocenters. The van der Waals surface area contributed by atoms with Crippen LogP contribution < -0.4 is 5.73 Å². The highest BCUT2D eigenvalue weighted by atomic mass is 19.4. The topological polar surface area (TPSA) is 68.9 Å². The Morgan fingerprint density at radius 1 is 1.23 bits per heavy atom. The highest BCUT2D eigenvalue weighted by Crippen LogP contribution is 2.31. The summed E-state index contributed by atoms with van der Waals surface area (Å²) in [5.74, 6) is -3.17. The molecule has 2 aromatic rings. The molecule has 8 heteroatoms. The number of nitrogens with zero attached hydrogens (tertiary/aromatic N) is 2. The number of halogens is 4. The zero-order valence-corrected chi connectivity index (χ0v) is 11.4. The fourth-order valence-electron chi connectivity index (χ4n) is 2.09. The molecule has 4 nitrogen and oxygen atoms in total. The molecule has 116 valence electrons. The maximum atomic E-state index is 13.8. The quantitative estimate of drug-likeness (QED) is 0.886. The van der Waals surface area contributed by atoms with E-state index in [1.165, 1.54) is 6.07 Å². The summed E-state index contributed by atoms with van der Waals surface area (Å²) < 4.78 is 51.3. The van der Waals surface area contributed by atoms with Crippen molar-refractivity contribution in [1.29, 1.82) is 0 Å². The first-order chi connectivity index (χ1) is 10.3. The van der Waals surface area contributed by atoms with Crippen LogP contribution in [-0.4, -0.2) is 15.9 Å². The van der Waals surface area contributed by atoms with Crippen molar-refractivity contribution in [3.05, 3.63) is 47.3 Å². The van der Waals surface area contributed by atoms with E-state index in [0.29, 0.717) is 12.0 Å². The van der Waals surface area contributed by atoms with Crippen LogP contribution >= 0.6 is 0 Å². The van der Waals surface area contributed by atoms with Gasteiger partial charge in [0.05, 0.1) is 5.56 Å². The number of hydrogen-bond donors (Lipinski definition) is 1. The summed E-state index contributed by atoms with van der Waals surface area (Å²) in [6.07, 6.45) is -2.45. The minimum atomic E-state index is -4.68. The number of carbonyl (C=O) groups is 1. The molecule has 2 rings (SSSR count). The van der Waals surface area contributed by atoms with E-state index in [0.717, 1.165) is 18.5 Å². The van der Waals surface area contributed by atoms with Gasteiger partial charge in [0.25, 0.3) is 5.91 Å². The van der Waals surface area contributed by atoms with Gasteiger partial charge in [-0.2, -0.15) is 13.2 Å². The Kier molecular flexibility index (Phi) is 4.11. The number of aromatic nitrogens is 2. The van der Waals surface area contributed by atoms with Crippen molar-refractivity contribution in [3.8, 4) is 11.1 Å². The van der Waals surface area contributed by atoms with Crippen molar-refractivity contribution >= 4 is 5.91 Å². The maximum absolute atomic E-state index is 13.8. The van der Waals surface area contributed by atoms with E-state index in [1.54, 1.807) is 6.92 Å². The molecule has 1 aromatic heterocycles. The van der Waals surface area contributed by atoms with Crippen LogP contribution in [0.1, 0.15) is 28.7 Å². The Labute approximate surface area is 123 Å². The molecule has 0 aliphatic carbocycles. The van der Waals surface area contributed by atoms with Gasteiger partial charge in [-0.1, -0.05) is 13.0 Å². The number of nitrogens with two attached hydrogens (primary N) is 1.